The van der Waals surface area contributed by atoms with Crippen LogP contribution in [0.2, 0.25) is 0 Å². The van der Waals surface area contributed by atoms with Crippen LogP contribution in [-0.4, -0.2) is 54.8 Å². The number of hydrogen-bond acceptors (Lipinski definition) is 5. The third-order valence-electron chi connectivity index (χ3n) is 5.32. The van der Waals surface area contributed by atoms with Gasteiger partial charge >= 0.3 is 5.97 Å². The maximum absolute atomic E-state index is 12.8. The van der Waals surface area contributed by atoms with E-state index in [1.807, 2.05) is 46.0 Å². The van der Waals surface area contributed by atoms with Gasteiger partial charge in [-0.1, -0.05) is 12.1 Å². The second-order valence-corrected chi connectivity index (χ2v) is 7.15. The number of piperidine rings is 1. The molecule has 1 atom stereocenters. The predicted octanol–water partition coefficient (Wildman–Crippen LogP) is 3.05. The minimum absolute atomic E-state index is 0.00737. The molecule has 0 bridgehead atoms. The van der Waals surface area contributed by atoms with Gasteiger partial charge in [0.25, 0.3) is 5.91 Å². The van der Waals surface area contributed by atoms with Crippen LogP contribution in [-0.2, 0) is 20.9 Å². The van der Waals surface area contributed by atoms with E-state index < -0.39 is 6.10 Å². The van der Waals surface area contributed by atoms with Gasteiger partial charge in [0.2, 0.25) is 0 Å². The molecule has 3 rings (SSSR count). The second kappa shape index (κ2) is 9.60. The van der Waals surface area contributed by atoms with E-state index in [4.69, 9.17) is 14.2 Å². The molecule has 156 valence electrons. The maximum Gasteiger partial charge on any atom is 0.354 e. The lowest BCUT2D eigenvalue weighted by molar-refractivity contribution is -0.144. The summed E-state index contributed by atoms with van der Waals surface area (Å²) in [6, 6.07) is 11.4. The van der Waals surface area contributed by atoms with Crippen molar-refractivity contribution in [3.8, 4) is 5.75 Å². The molecule has 1 amide bonds. The number of nitrogens with zero attached hydrogens (tertiary/aromatic N) is 2. The summed E-state index contributed by atoms with van der Waals surface area (Å²) in [5, 5.41) is 0. The average Bonchev–Trinajstić information content (AvgIpc) is 3.26. The van der Waals surface area contributed by atoms with E-state index >= 15 is 0 Å². The lowest BCUT2D eigenvalue weighted by Crippen LogP contribution is -2.44. The molecule has 0 aliphatic carbocycles. The van der Waals surface area contributed by atoms with E-state index in [0.29, 0.717) is 25.4 Å². The Kier molecular flexibility index (Phi) is 6.93. The smallest absolute Gasteiger partial charge is 0.354 e. The third-order valence-corrected chi connectivity index (χ3v) is 5.32. The van der Waals surface area contributed by atoms with Crippen molar-refractivity contribution in [3.63, 3.8) is 0 Å². The Morgan fingerprint density at radius 2 is 1.90 bits per heavy atom. The van der Waals surface area contributed by atoms with Crippen LogP contribution in [0.4, 0.5) is 0 Å². The standard InChI is InChI=1S/C22H28N2O5/c1-16(29-15-17-6-4-7-19(14-17)27-2)21(25)23-12-9-18(10-13-23)24-11-5-8-20(24)22(26)28-3/h4-8,11,14,16,18H,9-10,12-13,15H2,1-3H3. The molecule has 7 heteroatoms. The Morgan fingerprint density at radius 1 is 1.14 bits per heavy atom. The highest BCUT2D eigenvalue weighted by Crippen LogP contribution is 2.25. The first-order valence-electron chi connectivity index (χ1n) is 9.82. The van der Waals surface area contributed by atoms with Crippen LogP contribution in [0.3, 0.4) is 0 Å². The summed E-state index contributed by atoms with van der Waals surface area (Å²) < 4.78 is 17.8. The number of carbonyl (C=O) groups is 2. The summed E-state index contributed by atoms with van der Waals surface area (Å²) in [6.07, 6.45) is 2.95. The summed E-state index contributed by atoms with van der Waals surface area (Å²) in [7, 11) is 3.01. The largest absolute Gasteiger partial charge is 0.497 e. The van der Waals surface area contributed by atoms with Gasteiger partial charge in [0.15, 0.2) is 0 Å². The molecule has 2 heterocycles. The molecule has 1 aromatic heterocycles. The molecule has 1 aliphatic heterocycles. The van der Waals surface area contributed by atoms with Crippen molar-refractivity contribution >= 4 is 11.9 Å². The predicted molar refractivity (Wildman–Crippen MR) is 108 cm³/mol. The van der Waals surface area contributed by atoms with Crippen LogP contribution in [0.1, 0.15) is 41.9 Å². The first-order chi connectivity index (χ1) is 14.0. The Balaban J connectivity index is 1.51. The number of carbonyl (C=O) groups excluding carboxylic acids is 2. The number of amides is 1. The van der Waals surface area contributed by atoms with Gasteiger partial charge in [-0.3, -0.25) is 4.79 Å². The van der Waals surface area contributed by atoms with Gasteiger partial charge in [-0.05, 0) is 49.6 Å². The summed E-state index contributed by atoms with van der Waals surface area (Å²) in [6.45, 7) is 3.41. The fourth-order valence-electron chi connectivity index (χ4n) is 3.67. The fourth-order valence-corrected chi connectivity index (χ4v) is 3.67. The first kappa shape index (κ1) is 20.9. The highest BCUT2D eigenvalue weighted by molar-refractivity contribution is 5.87. The molecule has 0 spiro atoms. The number of benzene rings is 1. The number of esters is 1. The molecule has 7 nitrogen and oxygen atoms in total. The Labute approximate surface area is 171 Å². The zero-order valence-corrected chi connectivity index (χ0v) is 17.2. The summed E-state index contributed by atoms with van der Waals surface area (Å²) in [4.78, 5) is 26.5. The number of rotatable bonds is 7. The van der Waals surface area contributed by atoms with Crippen LogP contribution in [0.25, 0.3) is 0 Å². The SMILES string of the molecule is COC(=O)c1cccn1C1CCN(C(=O)C(C)OCc2cccc(OC)c2)CC1. The van der Waals surface area contributed by atoms with E-state index in [-0.39, 0.29) is 17.9 Å². The maximum atomic E-state index is 12.8. The highest BCUT2D eigenvalue weighted by atomic mass is 16.5. The topological polar surface area (TPSA) is 70.0 Å². The first-order valence-corrected chi connectivity index (χ1v) is 9.82. The number of ether oxygens (including phenoxy) is 3. The molecular formula is C22H28N2O5. The monoisotopic (exact) mass is 400 g/mol. The van der Waals surface area contributed by atoms with E-state index in [9.17, 15) is 9.59 Å². The summed E-state index contributed by atoms with van der Waals surface area (Å²) in [5.74, 6) is 0.420. The molecule has 29 heavy (non-hydrogen) atoms. The van der Waals surface area contributed by atoms with Crippen LogP contribution in [0, 0.1) is 0 Å². The van der Waals surface area contributed by atoms with Crippen molar-refractivity contribution in [2.24, 2.45) is 0 Å². The number of methoxy groups -OCH3 is 2. The lowest BCUT2D eigenvalue weighted by atomic mass is 10.0. The Bertz CT molecular complexity index is 839. The van der Waals surface area contributed by atoms with Gasteiger partial charge in [0.1, 0.15) is 17.5 Å². The molecule has 1 aliphatic rings. The third kappa shape index (κ3) is 4.98. The Hall–Kier alpha value is -2.80. The van der Waals surface area contributed by atoms with E-state index in [1.165, 1.54) is 7.11 Å². The molecular weight excluding hydrogens is 372 g/mol. The van der Waals surface area contributed by atoms with Gasteiger partial charge in [-0.15, -0.1) is 0 Å². The van der Waals surface area contributed by atoms with Crippen molar-refractivity contribution in [3.05, 3.63) is 53.9 Å². The molecule has 2 aromatic rings. The van der Waals surface area contributed by atoms with Crippen LogP contribution < -0.4 is 4.74 Å². The molecule has 0 saturated carbocycles. The zero-order valence-electron chi connectivity index (χ0n) is 17.2. The van der Waals surface area contributed by atoms with Crippen molar-refractivity contribution in [2.45, 2.75) is 38.5 Å². The van der Waals surface area contributed by atoms with E-state index in [2.05, 4.69) is 0 Å². The fraction of sp³-hybridized carbons (Fsp3) is 0.455. The second-order valence-electron chi connectivity index (χ2n) is 7.15. The van der Waals surface area contributed by atoms with Crippen LogP contribution in [0.5, 0.6) is 5.75 Å². The Morgan fingerprint density at radius 3 is 2.59 bits per heavy atom. The summed E-state index contributed by atoms with van der Waals surface area (Å²) >= 11 is 0. The molecule has 1 aromatic carbocycles. The number of likely N-dealkylation sites (tertiary alicyclic amines) is 1. The quantitative estimate of drug-likeness (QED) is 0.668. The number of hydrogen-bond donors (Lipinski definition) is 0. The summed E-state index contributed by atoms with van der Waals surface area (Å²) in [5.41, 5.74) is 1.51. The molecule has 1 saturated heterocycles. The van der Waals surface area contributed by atoms with Gasteiger partial charge in [-0.2, -0.15) is 0 Å². The molecule has 1 unspecified atom stereocenters. The van der Waals surface area contributed by atoms with Gasteiger partial charge in [0.05, 0.1) is 20.8 Å². The van der Waals surface area contributed by atoms with Gasteiger partial charge < -0.3 is 23.7 Å². The van der Waals surface area contributed by atoms with Crippen molar-refractivity contribution in [1.82, 2.24) is 9.47 Å². The average molecular weight is 400 g/mol. The van der Waals surface area contributed by atoms with E-state index in [0.717, 1.165) is 24.2 Å². The highest BCUT2D eigenvalue weighted by Gasteiger charge is 2.28. The van der Waals surface area contributed by atoms with Crippen LogP contribution >= 0.6 is 0 Å². The van der Waals surface area contributed by atoms with Crippen molar-refractivity contribution in [2.75, 3.05) is 27.3 Å². The minimum atomic E-state index is -0.519. The number of aromatic nitrogens is 1. The minimum Gasteiger partial charge on any atom is -0.497 e. The zero-order chi connectivity index (χ0) is 20.8. The normalized spacial score (nSPS) is 15.8. The van der Waals surface area contributed by atoms with Crippen LogP contribution in [0.15, 0.2) is 42.6 Å². The van der Waals surface area contributed by atoms with Crippen molar-refractivity contribution < 1.29 is 23.8 Å². The molecule has 1 fully saturated rings. The lowest BCUT2D eigenvalue weighted by Gasteiger charge is -2.34. The van der Waals surface area contributed by atoms with Gasteiger partial charge in [-0.25, -0.2) is 4.79 Å². The molecule has 0 radical (unpaired) electrons. The van der Waals surface area contributed by atoms with Crippen molar-refractivity contribution in [1.29, 1.82) is 0 Å². The van der Waals surface area contributed by atoms with Gasteiger partial charge in [0, 0.05) is 25.3 Å². The molecule has 0 N–H and O–H groups in total. The van der Waals surface area contributed by atoms with E-state index in [1.54, 1.807) is 20.1 Å².